The number of allylic oxidation sites excluding steroid dienone is 2. The van der Waals surface area contributed by atoms with E-state index in [0.717, 1.165) is 54.0 Å². The first-order valence-corrected chi connectivity index (χ1v) is 14.8. The number of aromatic nitrogens is 1. The molecular formula is C35H40N4O3. The average Bonchev–Trinajstić information content (AvgIpc) is 3.33. The topological polar surface area (TPSA) is 58.0 Å². The molecule has 2 amide bonds. The highest BCUT2D eigenvalue weighted by atomic mass is 16.5. The quantitative estimate of drug-likeness (QED) is 0.418. The van der Waals surface area contributed by atoms with Gasteiger partial charge in [-0.25, -0.2) is 0 Å². The van der Waals surface area contributed by atoms with Gasteiger partial charge in [-0.2, -0.15) is 0 Å². The second-order valence-electron chi connectivity index (χ2n) is 12.0. The summed E-state index contributed by atoms with van der Waals surface area (Å²) in [6.07, 6.45) is 6.40. The summed E-state index contributed by atoms with van der Waals surface area (Å²) in [7, 11) is 5.77. The van der Waals surface area contributed by atoms with Gasteiger partial charge in [0.15, 0.2) is 0 Å². The maximum Gasteiger partial charge on any atom is 0.270 e. The van der Waals surface area contributed by atoms with E-state index in [9.17, 15) is 9.59 Å². The van der Waals surface area contributed by atoms with Gasteiger partial charge in [0, 0.05) is 43.6 Å². The summed E-state index contributed by atoms with van der Waals surface area (Å²) in [6.45, 7) is 4.97. The predicted molar refractivity (Wildman–Crippen MR) is 166 cm³/mol. The third kappa shape index (κ3) is 5.12. The normalized spacial score (nSPS) is 21.1. The standard InChI is InChI=1S/C35H40N4O3/c1-35(42-4)22-26(14-16-30(35)25-10-6-5-7-11-25)33(40)39-24-29-15-17-32(38(29)23-27-12-8-9-13-31(27)39)34(41)37(3)28-18-20-36(2)21-19-28/h5-17,28H,18-24H2,1-4H3. The van der Waals surface area contributed by atoms with Crippen LogP contribution in [-0.2, 0) is 22.6 Å². The summed E-state index contributed by atoms with van der Waals surface area (Å²) < 4.78 is 8.14. The van der Waals surface area contributed by atoms with E-state index in [0.29, 0.717) is 30.8 Å². The number of carbonyl (C=O) groups is 2. The average molecular weight is 565 g/mol. The number of ether oxygens (including phenoxy) is 1. The fraction of sp³-hybridized carbons (Fsp3) is 0.371. The first-order chi connectivity index (χ1) is 20.3. The first kappa shape index (κ1) is 28.2. The van der Waals surface area contributed by atoms with E-state index in [4.69, 9.17) is 4.74 Å². The molecule has 1 aliphatic carbocycles. The highest BCUT2D eigenvalue weighted by Gasteiger charge is 2.37. The summed E-state index contributed by atoms with van der Waals surface area (Å²) in [4.78, 5) is 34.2. The fourth-order valence-electron chi connectivity index (χ4n) is 6.66. The number of nitrogens with zero attached hydrogens (tertiary/aromatic N) is 4. The van der Waals surface area contributed by atoms with E-state index in [1.54, 1.807) is 7.11 Å². The number of piperidine rings is 1. The molecule has 218 valence electrons. The van der Waals surface area contributed by atoms with Crippen molar-refractivity contribution in [1.29, 1.82) is 0 Å². The van der Waals surface area contributed by atoms with Gasteiger partial charge in [-0.3, -0.25) is 9.59 Å². The van der Waals surface area contributed by atoms with Crippen LogP contribution in [-0.4, -0.2) is 72.1 Å². The Morgan fingerprint density at radius 1 is 0.929 bits per heavy atom. The summed E-state index contributed by atoms with van der Waals surface area (Å²) >= 11 is 0. The molecule has 0 saturated carbocycles. The largest absolute Gasteiger partial charge is 0.373 e. The van der Waals surface area contributed by atoms with E-state index in [1.807, 2.05) is 84.5 Å². The van der Waals surface area contributed by atoms with Gasteiger partial charge in [0.05, 0.1) is 18.7 Å². The maximum absolute atomic E-state index is 14.3. The molecule has 0 N–H and O–H groups in total. The Balaban J connectivity index is 1.32. The lowest BCUT2D eigenvalue weighted by Gasteiger charge is -2.36. The van der Waals surface area contributed by atoms with Gasteiger partial charge < -0.3 is 24.0 Å². The monoisotopic (exact) mass is 564 g/mol. The molecule has 3 heterocycles. The Kier molecular flexibility index (Phi) is 7.64. The van der Waals surface area contributed by atoms with E-state index < -0.39 is 5.60 Å². The number of amides is 2. The van der Waals surface area contributed by atoms with Crippen molar-refractivity contribution in [3.8, 4) is 0 Å². The van der Waals surface area contributed by atoms with Crippen LogP contribution >= 0.6 is 0 Å². The molecule has 0 spiro atoms. The highest BCUT2D eigenvalue weighted by molar-refractivity contribution is 6.07. The lowest BCUT2D eigenvalue weighted by Crippen LogP contribution is -2.45. The number of methoxy groups -OCH3 is 1. The van der Waals surface area contributed by atoms with Crippen molar-refractivity contribution in [2.45, 2.75) is 50.9 Å². The zero-order valence-corrected chi connectivity index (χ0v) is 25.0. The first-order valence-electron chi connectivity index (χ1n) is 14.8. The number of hydrogen-bond acceptors (Lipinski definition) is 4. The second kappa shape index (κ2) is 11.4. The zero-order chi connectivity index (χ0) is 29.4. The minimum atomic E-state index is -0.634. The van der Waals surface area contributed by atoms with Crippen LogP contribution in [0.1, 0.15) is 53.5 Å². The SMILES string of the molecule is COC1(C)CC(C(=O)N2Cc3ccc(C(=O)N(C)C4CCN(C)CC4)n3Cc3ccccc32)=CC=C1c1ccccc1. The number of hydrogen-bond donors (Lipinski definition) is 0. The molecule has 7 nitrogen and oxygen atoms in total. The van der Waals surface area contributed by atoms with Crippen LogP contribution in [0.3, 0.4) is 0 Å². The van der Waals surface area contributed by atoms with Crippen molar-refractivity contribution < 1.29 is 14.3 Å². The minimum absolute atomic E-state index is 0.0393. The fourth-order valence-corrected chi connectivity index (χ4v) is 6.66. The van der Waals surface area contributed by atoms with Crippen LogP contribution in [0, 0.1) is 0 Å². The van der Waals surface area contributed by atoms with E-state index in [2.05, 4.69) is 34.7 Å². The van der Waals surface area contributed by atoms with Crippen LogP contribution in [0.2, 0.25) is 0 Å². The third-order valence-corrected chi connectivity index (χ3v) is 9.38. The Bertz CT molecular complexity index is 1550. The summed E-state index contributed by atoms with van der Waals surface area (Å²) in [5.41, 5.74) is 5.74. The molecule has 42 heavy (non-hydrogen) atoms. The smallest absolute Gasteiger partial charge is 0.270 e. The molecule has 0 bridgehead atoms. The van der Waals surface area contributed by atoms with Gasteiger partial charge in [0.1, 0.15) is 5.69 Å². The highest BCUT2D eigenvalue weighted by Crippen LogP contribution is 2.40. The molecule has 6 rings (SSSR count). The number of carbonyl (C=O) groups excluding carboxylic acids is 2. The predicted octanol–water partition coefficient (Wildman–Crippen LogP) is 5.37. The zero-order valence-electron chi connectivity index (χ0n) is 25.0. The van der Waals surface area contributed by atoms with Crippen LogP contribution in [0.5, 0.6) is 0 Å². The molecule has 1 unspecified atom stereocenters. The molecule has 3 aliphatic rings. The summed E-state index contributed by atoms with van der Waals surface area (Å²) in [6, 6.07) is 22.4. The molecular weight excluding hydrogens is 524 g/mol. The third-order valence-electron chi connectivity index (χ3n) is 9.38. The minimum Gasteiger partial charge on any atom is -0.373 e. The van der Waals surface area contributed by atoms with Crippen LogP contribution in [0.25, 0.3) is 5.57 Å². The molecule has 1 aromatic heterocycles. The summed E-state index contributed by atoms with van der Waals surface area (Å²) in [5, 5.41) is 0. The number of para-hydroxylation sites is 1. The number of rotatable bonds is 5. The van der Waals surface area contributed by atoms with Crippen LogP contribution in [0.15, 0.2) is 84.5 Å². The summed E-state index contributed by atoms with van der Waals surface area (Å²) in [5.74, 6) is -0.00227. The van der Waals surface area contributed by atoms with Crippen LogP contribution < -0.4 is 4.90 Å². The van der Waals surface area contributed by atoms with Crippen molar-refractivity contribution in [1.82, 2.24) is 14.4 Å². The second-order valence-corrected chi connectivity index (χ2v) is 12.0. The van der Waals surface area contributed by atoms with Crippen molar-refractivity contribution in [2.24, 2.45) is 0 Å². The van der Waals surface area contributed by atoms with Gasteiger partial charge in [-0.15, -0.1) is 0 Å². The van der Waals surface area contributed by atoms with E-state index in [1.165, 1.54) is 0 Å². The Morgan fingerprint density at radius 3 is 2.38 bits per heavy atom. The van der Waals surface area contributed by atoms with Gasteiger partial charge >= 0.3 is 0 Å². The van der Waals surface area contributed by atoms with Gasteiger partial charge in [-0.05, 0) is 74.8 Å². The Hall–Kier alpha value is -3.94. The van der Waals surface area contributed by atoms with Gasteiger partial charge in [0.25, 0.3) is 11.8 Å². The lowest BCUT2D eigenvalue weighted by atomic mass is 9.80. The van der Waals surface area contributed by atoms with E-state index in [-0.39, 0.29) is 17.9 Å². The van der Waals surface area contributed by atoms with Gasteiger partial charge in [-0.1, -0.05) is 60.7 Å². The Morgan fingerprint density at radius 2 is 1.64 bits per heavy atom. The molecule has 1 atom stereocenters. The van der Waals surface area contributed by atoms with E-state index >= 15 is 0 Å². The molecule has 0 radical (unpaired) electrons. The van der Waals surface area contributed by atoms with Gasteiger partial charge in [0.2, 0.25) is 0 Å². The molecule has 2 aromatic carbocycles. The van der Waals surface area contributed by atoms with Crippen molar-refractivity contribution >= 4 is 23.1 Å². The molecule has 2 aliphatic heterocycles. The lowest BCUT2D eigenvalue weighted by molar-refractivity contribution is -0.116. The van der Waals surface area contributed by atoms with Crippen LogP contribution in [0.4, 0.5) is 5.69 Å². The number of anilines is 1. The molecule has 3 aromatic rings. The number of benzene rings is 2. The maximum atomic E-state index is 14.3. The van der Waals surface area contributed by atoms with Crippen molar-refractivity contribution in [3.63, 3.8) is 0 Å². The molecule has 1 saturated heterocycles. The van der Waals surface area contributed by atoms with Crippen molar-refractivity contribution in [3.05, 3.63) is 107 Å². The number of fused-ring (bicyclic) bond motifs is 2. The Labute approximate surface area is 248 Å². The molecule has 1 fully saturated rings. The number of likely N-dealkylation sites (tertiary alicyclic amines) is 1. The molecule has 7 heteroatoms. The van der Waals surface area contributed by atoms with Crippen molar-refractivity contribution in [2.75, 3.05) is 39.2 Å².